The van der Waals surface area contributed by atoms with Crippen molar-refractivity contribution in [2.45, 2.75) is 26.2 Å². The molecule has 116 valence electrons. The van der Waals surface area contributed by atoms with Gasteiger partial charge in [0.05, 0.1) is 12.8 Å². The highest BCUT2D eigenvalue weighted by Gasteiger charge is 2.22. The molecule has 1 aliphatic heterocycles. The fourth-order valence-corrected chi connectivity index (χ4v) is 2.85. The summed E-state index contributed by atoms with van der Waals surface area (Å²) in [5.74, 6) is 1.63. The number of hydrogen-bond acceptors (Lipinski definition) is 4. The lowest BCUT2D eigenvalue weighted by Gasteiger charge is -2.28. The summed E-state index contributed by atoms with van der Waals surface area (Å²) in [5, 5.41) is 6.31. The Kier molecular flexibility index (Phi) is 5.44. The maximum atomic E-state index is 12.1. The molecule has 5 nitrogen and oxygen atoms in total. The average Bonchev–Trinajstić information content (AvgIpc) is 2.48. The van der Waals surface area contributed by atoms with Crippen molar-refractivity contribution in [3.05, 3.63) is 18.2 Å². The maximum Gasteiger partial charge on any atom is 0.224 e. The lowest BCUT2D eigenvalue weighted by Crippen LogP contribution is -2.34. The summed E-state index contributed by atoms with van der Waals surface area (Å²) in [6.07, 6.45) is 2.95. The van der Waals surface area contributed by atoms with Crippen LogP contribution in [0.3, 0.4) is 0 Å². The summed E-state index contributed by atoms with van der Waals surface area (Å²) in [4.78, 5) is 12.1. The first kappa shape index (κ1) is 15.6. The molecule has 4 N–H and O–H groups in total. The van der Waals surface area contributed by atoms with E-state index in [1.165, 1.54) is 12.8 Å². The number of hydrogen-bond donors (Lipinski definition) is 3. The Morgan fingerprint density at radius 3 is 3.00 bits per heavy atom. The van der Waals surface area contributed by atoms with Gasteiger partial charge in [0.15, 0.2) is 0 Å². The van der Waals surface area contributed by atoms with Crippen LogP contribution in [-0.2, 0) is 4.79 Å². The van der Waals surface area contributed by atoms with Crippen molar-refractivity contribution in [1.82, 2.24) is 5.32 Å². The molecular weight excluding hydrogens is 266 g/mol. The third-order valence-corrected chi connectivity index (χ3v) is 4.16. The van der Waals surface area contributed by atoms with E-state index in [1.807, 2.05) is 0 Å². The number of piperidine rings is 1. The van der Waals surface area contributed by atoms with Gasteiger partial charge in [-0.25, -0.2) is 0 Å². The predicted molar refractivity (Wildman–Crippen MR) is 85.4 cm³/mol. The number of nitrogens with one attached hydrogen (secondary N) is 2. The van der Waals surface area contributed by atoms with Crippen LogP contribution < -0.4 is 21.1 Å². The first-order valence-corrected chi connectivity index (χ1v) is 7.54. The third-order valence-electron chi connectivity index (χ3n) is 4.16. The molecule has 1 aliphatic rings. The molecule has 2 rings (SSSR count). The number of anilines is 2. The van der Waals surface area contributed by atoms with E-state index >= 15 is 0 Å². The van der Waals surface area contributed by atoms with Gasteiger partial charge in [0.2, 0.25) is 5.91 Å². The van der Waals surface area contributed by atoms with E-state index in [9.17, 15) is 4.79 Å². The highest BCUT2D eigenvalue weighted by atomic mass is 16.5. The monoisotopic (exact) mass is 291 g/mol. The number of methoxy groups -OCH3 is 1. The number of ether oxygens (including phenoxy) is 1. The molecule has 5 heteroatoms. The van der Waals surface area contributed by atoms with Crippen LogP contribution >= 0.6 is 0 Å². The molecule has 0 saturated carbocycles. The van der Waals surface area contributed by atoms with E-state index in [2.05, 4.69) is 17.6 Å². The highest BCUT2D eigenvalue weighted by molar-refractivity contribution is 5.91. The van der Waals surface area contributed by atoms with Crippen LogP contribution in [0.1, 0.15) is 26.2 Å². The van der Waals surface area contributed by atoms with Crippen molar-refractivity contribution in [1.29, 1.82) is 0 Å². The SMILES string of the molecule is COc1ccc(NC(=O)CC(C)C2CCCNC2)cc1N. The molecule has 2 atom stereocenters. The number of carbonyl (C=O) groups is 1. The van der Waals surface area contributed by atoms with Crippen LogP contribution in [-0.4, -0.2) is 26.1 Å². The molecule has 1 fully saturated rings. The van der Waals surface area contributed by atoms with Gasteiger partial charge in [-0.15, -0.1) is 0 Å². The van der Waals surface area contributed by atoms with Crippen molar-refractivity contribution in [3.63, 3.8) is 0 Å². The number of benzene rings is 1. The molecule has 1 saturated heterocycles. The fraction of sp³-hybridized carbons (Fsp3) is 0.562. The molecule has 2 unspecified atom stereocenters. The summed E-state index contributed by atoms with van der Waals surface area (Å²) in [5.41, 5.74) is 7.08. The van der Waals surface area contributed by atoms with Crippen molar-refractivity contribution < 1.29 is 9.53 Å². The minimum atomic E-state index is 0.0395. The largest absolute Gasteiger partial charge is 0.495 e. The van der Waals surface area contributed by atoms with E-state index in [0.29, 0.717) is 35.4 Å². The molecule has 0 aliphatic carbocycles. The van der Waals surface area contributed by atoms with Gasteiger partial charge in [-0.1, -0.05) is 6.92 Å². The van der Waals surface area contributed by atoms with Gasteiger partial charge in [-0.3, -0.25) is 4.79 Å². The summed E-state index contributed by atoms with van der Waals surface area (Å²) in [6.45, 7) is 4.27. The minimum absolute atomic E-state index is 0.0395. The topological polar surface area (TPSA) is 76.4 Å². The first-order valence-electron chi connectivity index (χ1n) is 7.54. The molecule has 0 spiro atoms. The van der Waals surface area contributed by atoms with Crippen LogP contribution in [0.2, 0.25) is 0 Å². The van der Waals surface area contributed by atoms with Crippen LogP contribution in [0.15, 0.2) is 18.2 Å². The fourth-order valence-electron chi connectivity index (χ4n) is 2.85. The average molecular weight is 291 g/mol. The lowest BCUT2D eigenvalue weighted by molar-refractivity contribution is -0.117. The summed E-state index contributed by atoms with van der Waals surface area (Å²) < 4.78 is 5.10. The normalized spacial score (nSPS) is 19.8. The van der Waals surface area contributed by atoms with Crippen LogP contribution in [0.25, 0.3) is 0 Å². The Bertz CT molecular complexity index is 484. The smallest absolute Gasteiger partial charge is 0.224 e. The van der Waals surface area contributed by atoms with E-state index in [1.54, 1.807) is 25.3 Å². The van der Waals surface area contributed by atoms with E-state index in [0.717, 1.165) is 13.1 Å². The standard InChI is InChI=1S/C16H25N3O2/c1-11(12-4-3-7-18-10-12)8-16(20)19-13-5-6-15(21-2)14(17)9-13/h5-6,9,11-12,18H,3-4,7-8,10,17H2,1-2H3,(H,19,20). The van der Waals surface area contributed by atoms with Gasteiger partial charge in [0, 0.05) is 12.1 Å². The highest BCUT2D eigenvalue weighted by Crippen LogP contribution is 2.26. The van der Waals surface area contributed by atoms with Crippen molar-refractivity contribution in [2.24, 2.45) is 11.8 Å². The number of carbonyl (C=O) groups excluding carboxylic acids is 1. The van der Waals surface area contributed by atoms with Crippen molar-refractivity contribution >= 4 is 17.3 Å². The second-order valence-corrected chi connectivity index (χ2v) is 5.79. The van der Waals surface area contributed by atoms with Crippen molar-refractivity contribution in [2.75, 3.05) is 31.2 Å². The molecule has 21 heavy (non-hydrogen) atoms. The van der Waals surface area contributed by atoms with Gasteiger partial charge in [-0.2, -0.15) is 0 Å². The van der Waals surface area contributed by atoms with Crippen LogP contribution in [0, 0.1) is 11.8 Å². The second-order valence-electron chi connectivity index (χ2n) is 5.79. The van der Waals surface area contributed by atoms with Gasteiger partial charge >= 0.3 is 0 Å². The molecule has 0 aromatic heterocycles. The third kappa shape index (κ3) is 4.36. The van der Waals surface area contributed by atoms with Gasteiger partial charge in [-0.05, 0) is 56.0 Å². The Balaban J connectivity index is 1.87. The first-order chi connectivity index (χ1) is 10.1. The van der Waals surface area contributed by atoms with E-state index in [4.69, 9.17) is 10.5 Å². The Morgan fingerprint density at radius 2 is 2.38 bits per heavy atom. The quantitative estimate of drug-likeness (QED) is 0.727. The van der Waals surface area contributed by atoms with Gasteiger partial charge in [0.1, 0.15) is 5.75 Å². The van der Waals surface area contributed by atoms with Crippen LogP contribution in [0.4, 0.5) is 11.4 Å². The number of nitrogens with two attached hydrogens (primary N) is 1. The molecule has 0 radical (unpaired) electrons. The second kappa shape index (κ2) is 7.31. The van der Waals surface area contributed by atoms with Gasteiger partial charge < -0.3 is 21.1 Å². The molecule has 1 heterocycles. The summed E-state index contributed by atoms with van der Waals surface area (Å²) in [7, 11) is 1.57. The van der Waals surface area contributed by atoms with E-state index in [-0.39, 0.29) is 5.91 Å². The molecule has 1 amide bonds. The van der Waals surface area contributed by atoms with Gasteiger partial charge in [0.25, 0.3) is 0 Å². The summed E-state index contributed by atoms with van der Waals surface area (Å²) in [6, 6.07) is 5.29. The molecule has 0 bridgehead atoms. The molecule has 1 aromatic rings. The van der Waals surface area contributed by atoms with Crippen molar-refractivity contribution in [3.8, 4) is 5.75 Å². The molecular formula is C16H25N3O2. The van der Waals surface area contributed by atoms with Crippen LogP contribution in [0.5, 0.6) is 5.75 Å². The Labute approximate surface area is 126 Å². The lowest BCUT2D eigenvalue weighted by atomic mass is 9.85. The zero-order valence-corrected chi connectivity index (χ0v) is 12.8. The number of amides is 1. The minimum Gasteiger partial charge on any atom is -0.495 e. The molecule has 1 aromatic carbocycles. The Hall–Kier alpha value is -1.75. The zero-order chi connectivity index (χ0) is 15.2. The summed E-state index contributed by atoms with van der Waals surface area (Å²) >= 11 is 0. The number of rotatable bonds is 5. The number of nitrogen functional groups attached to an aromatic ring is 1. The maximum absolute atomic E-state index is 12.1. The zero-order valence-electron chi connectivity index (χ0n) is 12.8. The Morgan fingerprint density at radius 1 is 1.57 bits per heavy atom. The predicted octanol–water partition coefficient (Wildman–Crippen LogP) is 2.24. The van der Waals surface area contributed by atoms with E-state index < -0.39 is 0 Å².